The monoisotopic (exact) mass is 362 g/mol. The van der Waals surface area contributed by atoms with Crippen molar-refractivity contribution in [1.82, 2.24) is 10.0 Å². The molecule has 0 radical (unpaired) electrons. The number of rotatable bonds is 7. The van der Waals surface area contributed by atoms with Gasteiger partial charge in [-0.05, 0) is 45.4 Å². The Morgan fingerprint density at radius 3 is 2.48 bits per heavy atom. The summed E-state index contributed by atoms with van der Waals surface area (Å²) in [5.74, 6) is -0.0277. The molecule has 0 atom stereocenters. The molecule has 130 valence electrons. The largest absolute Gasteiger partial charge is 0.482 e. The number of sulfonamides is 1. The van der Waals surface area contributed by atoms with Crippen molar-refractivity contribution in [1.29, 1.82) is 0 Å². The van der Waals surface area contributed by atoms with Crippen LogP contribution in [0.15, 0.2) is 23.1 Å². The molecule has 23 heavy (non-hydrogen) atoms. The van der Waals surface area contributed by atoms with Crippen LogP contribution in [0.3, 0.4) is 0 Å². The smallest absolute Gasteiger partial charge is 0.258 e. The molecule has 0 saturated heterocycles. The van der Waals surface area contributed by atoms with E-state index in [4.69, 9.17) is 16.3 Å². The molecule has 0 unspecified atom stereocenters. The lowest BCUT2D eigenvalue weighted by atomic mass is 10.1. The zero-order valence-corrected chi connectivity index (χ0v) is 15.3. The van der Waals surface area contributed by atoms with Crippen molar-refractivity contribution < 1.29 is 17.9 Å². The van der Waals surface area contributed by atoms with Crippen molar-refractivity contribution in [2.24, 2.45) is 0 Å². The first-order chi connectivity index (χ1) is 10.5. The molecule has 2 N–H and O–H groups in total. The maximum atomic E-state index is 12.0. The van der Waals surface area contributed by atoms with Crippen LogP contribution in [0.25, 0.3) is 0 Å². The number of hydrogen-bond acceptors (Lipinski definition) is 4. The van der Waals surface area contributed by atoms with E-state index in [0.29, 0.717) is 13.0 Å². The van der Waals surface area contributed by atoms with Crippen molar-refractivity contribution in [3.63, 3.8) is 0 Å². The molecule has 0 fully saturated rings. The standard InChI is InChI=1S/C15H23ClN2O4S/c1-5-8-17-23(20,21)11-6-7-13(12(16)9-11)22-10-14(19)18-15(2,3)4/h6-7,9,17H,5,8,10H2,1-4H3,(H,18,19). The highest BCUT2D eigenvalue weighted by molar-refractivity contribution is 7.89. The van der Waals surface area contributed by atoms with Crippen molar-refractivity contribution in [2.45, 2.75) is 44.6 Å². The van der Waals surface area contributed by atoms with Crippen LogP contribution in [-0.4, -0.2) is 33.0 Å². The van der Waals surface area contributed by atoms with E-state index in [2.05, 4.69) is 10.0 Å². The first-order valence-corrected chi connectivity index (χ1v) is 9.14. The summed E-state index contributed by atoms with van der Waals surface area (Å²) in [6.07, 6.45) is 0.692. The summed E-state index contributed by atoms with van der Waals surface area (Å²) in [6, 6.07) is 4.13. The van der Waals surface area contributed by atoms with Gasteiger partial charge in [0.1, 0.15) is 5.75 Å². The summed E-state index contributed by atoms with van der Waals surface area (Å²) in [6.45, 7) is 7.61. The highest BCUT2D eigenvalue weighted by atomic mass is 35.5. The van der Waals surface area contributed by atoms with Crippen LogP contribution in [0.2, 0.25) is 5.02 Å². The Labute approximate surface area is 142 Å². The lowest BCUT2D eigenvalue weighted by Gasteiger charge is -2.20. The maximum Gasteiger partial charge on any atom is 0.258 e. The Morgan fingerprint density at radius 1 is 1.30 bits per heavy atom. The van der Waals surface area contributed by atoms with Gasteiger partial charge in [-0.2, -0.15) is 0 Å². The summed E-state index contributed by atoms with van der Waals surface area (Å²) in [4.78, 5) is 11.8. The number of carbonyl (C=O) groups excluding carboxylic acids is 1. The fraction of sp³-hybridized carbons (Fsp3) is 0.533. The molecular formula is C15H23ClN2O4S. The third-order valence-electron chi connectivity index (χ3n) is 2.63. The topological polar surface area (TPSA) is 84.5 Å². The number of benzene rings is 1. The van der Waals surface area contributed by atoms with E-state index < -0.39 is 10.0 Å². The molecule has 1 amide bonds. The molecule has 0 saturated carbocycles. The quantitative estimate of drug-likeness (QED) is 0.779. The highest BCUT2D eigenvalue weighted by Crippen LogP contribution is 2.27. The zero-order chi connectivity index (χ0) is 17.7. The number of hydrogen-bond donors (Lipinski definition) is 2. The van der Waals surface area contributed by atoms with E-state index >= 15 is 0 Å². The molecule has 0 heterocycles. The first-order valence-electron chi connectivity index (χ1n) is 7.28. The van der Waals surface area contributed by atoms with Gasteiger partial charge in [0, 0.05) is 12.1 Å². The summed E-state index contributed by atoms with van der Waals surface area (Å²) in [7, 11) is -3.59. The van der Waals surface area contributed by atoms with Gasteiger partial charge < -0.3 is 10.1 Å². The average Bonchev–Trinajstić information content (AvgIpc) is 2.42. The lowest BCUT2D eigenvalue weighted by Crippen LogP contribution is -2.43. The molecule has 6 nitrogen and oxygen atoms in total. The normalized spacial score (nSPS) is 12.0. The molecule has 0 aliphatic carbocycles. The van der Waals surface area contributed by atoms with Crippen LogP contribution in [0.4, 0.5) is 0 Å². The fourth-order valence-corrected chi connectivity index (χ4v) is 3.14. The molecule has 8 heteroatoms. The number of halogens is 1. The first kappa shape index (κ1) is 19.7. The summed E-state index contributed by atoms with van der Waals surface area (Å²) in [5, 5.41) is 2.89. The van der Waals surface area contributed by atoms with Gasteiger partial charge in [-0.15, -0.1) is 0 Å². The van der Waals surface area contributed by atoms with Crippen LogP contribution in [0.5, 0.6) is 5.75 Å². The molecular weight excluding hydrogens is 340 g/mol. The van der Waals surface area contributed by atoms with E-state index in [-0.39, 0.29) is 33.7 Å². The van der Waals surface area contributed by atoms with Crippen LogP contribution >= 0.6 is 11.6 Å². The van der Waals surface area contributed by atoms with E-state index in [1.807, 2.05) is 27.7 Å². The van der Waals surface area contributed by atoms with Gasteiger partial charge in [-0.3, -0.25) is 4.79 Å². The Hall–Kier alpha value is -1.31. The van der Waals surface area contributed by atoms with Crippen LogP contribution in [-0.2, 0) is 14.8 Å². The van der Waals surface area contributed by atoms with E-state index in [0.717, 1.165) is 0 Å². The SMILES string of the molecule is CCCNS(=O)(=O)c1ccc(OCC(=O)NC(C)(C)C)c(Cl)c1. The van der Waals surface area contributed by atoms with Crippen molar-refractivity contribution in [2.75, 3.05) is 13.2 Å². The Morgan fingerprint density at radius 2 is 1.96 bits per heavy atom. The molecule has 0 aromatic heterocycles. The third kappa shape index (κ3) is 6.76. The van der Waals surface area contributed by atoms with E-state index in [1.54, 1.807) is 0 Å². The van der Waals surface area contributed by atoms with Crippen molar-refractivity contribution in [3.8, 4) is 5.75 Å². The van der Waals surface area contributed by atoms with Crippen LogP contribution in [0, 0.1) is 0 Å². The molecule has 0 bridgehead atoms. The molecule has 1 rings (SSSR count). The summed E-state index contributed by atoms with van der Waals surface area (Å²) >= 11 is 6.04. The second kappa shape index (κ2) is 7.99. The Kier molecular flexibility index (Phi) is 6.85. The van der Waals surface area contributed by atoms with Gasteiger partial charge in [-0.25, -0.2) is 13.1 Å². The number of ether oxygens (including phenoxy) is 1. The molecule has 1 aromatic rings. The number of amides is 1. The Balaban J connectivity index is 2.76. The van der Waals surface area contributed by atoms with Crippen molar-refractivity contribution >= 4 is 27.5 Å². The van der Waals surface area contributed by atoms with Gasteiger partial charge in [-0.1, -0.05) is 18.5 Å². The van der Waals surface area contributed by atoms with Gasteiger partial charge >= 0.3 is 0 Å². The minimum Gasteiger partial charge on any atom is -0.482 e. The predicted octanol–water partition coefficient (Wildman–Crippen LogP) is 2.32. The van der Waals surface area contributed by atoms with Crippen LogP contribution < -0.4 is 14.8 Å². The molecule has 0 spiro atoms. The zero-order valence-electron chi connectivity index (χ0n) is 13.8. The highest BCUT2D eigenvalue weighted by Gasteiger charge is 2.17. The third-order valence-corrected chi connectivity index (χ3v) is 4.38. The minimum absolute atomic E-state index is 0.0578. The van der Waals surface area contributed by atoms with Gasteiger partial charge in [0.05, 0.1) is 9.92 Å². The number of nitrogens with one attached hydrogen (secondary N) is 2. The minimum atomic E-state index is -3.59. The second-order valence-corrected chi connectivity index (χ2v) is 8.25. The second-order valence-electron chi connectivity index (χ2n) is 6.08. The van der Waals surface area contributed by atoms with Gasteiger partial charge in [0.2, 0.25) is 10.0 Å². The lowest BCUT2D eigenvalue weighted by molar-refractivity contribution is -0.124. The van der Waals surface area contributed by atoms with Gasteiger partial charge in [0.25, 0.3) is 5.91 Å². The van der Waals surface area contributed by atoms with E-state index in [9.17, 15) is 13.2 Å². The van der Waals surface area contributed by atoms with E-state index in [1.165, 1.54) is 18.2 Å². The molecule has 1 aromatic carbocycles. The number of carbonyl (C=O) groups is 1. The van der Waals surface area contributed by atoms with Crippen molar-refractivity contribution in [3.05, 3.63) is 23.2 Å². The van der Waals surface area contributed by atoms with Gasteiger partial charge in [0.15, 0.2) is 6.61 Å². The predicted molar refractivity (Wildman–Crippen MR) is 90.3 cm³/mol. The maximum absolute atomic E-state index is 12.0. The van der Waals surface area contributed by atoms with Crippen LogP contribution in [0.1, 0.15) is 34.1 Å². The molecule has 0 aliphatic heterocycles. The Bertz CT molecular complexity index is 654. The summed E-state index contributed by atoms with van der Waals surface area (Å²) in [5.41, 5.74) is -0.354. The average molecular weight is 363 g/mol. The molecule has 0 aliphatic rings. The fourth-order valence-electron chi connectivity index (χ4n) is 1.68. The summed E-state index contributed by atoms with van der Waals surface area (Å²) < 4.78 is 31.8.